The van der Waals surface area contributed by atoms with Crippen LogP contribution in [0.15, 0.2) is 0 Å². The Morgan fingerprint density at radius 1 is 1.36 bits per heavy atom. The number of ether oxygens (including phenoxy) is 1. The second kappa shape index (κ2) is 4.95. The summed E-state index contributed by atoms with van der Waals surface area (Å²) in [4.78, 5) is 21.6. The Labute approximate surface area is 82.7 Å². The summed E-state index contributed by atoms with van der Waals surface area (Å²) >= 11 is 0. The van der Waals surface area contributed by atoms with Gasteiger partial charge < -0.3 is 14.9 Å². The number of aliphatic hydroxyl groups is 1. The van der Waals surface area contributed by atoms with Crippen molar-refractivity contribution in [1.82, 2.24) is 0 Å². The van der Waals surface area contributed by atoms with Crippen LogP contribution in [-0.4, -0.2) is 34.4 Å². The highest BCUT2D eigenvalue weighted by Crippen LogP contribution is 2.11. The zero-order valence-electron chi connectivity index (χ0n) is 8.61. The molecule has 0 bridgehead atoms. The first kappa shape index (κ1) is 12.9. The fourth-order valence-electron chi connectivity index (χ4n) is 0.814. The van der Waals surface area contributed by atoms with Crippen LogP contribution in [0.1, 0.15) is 27.2 Å². The van der Waals surface area contributed by atoms with Crippen molar-refractivity contribution in [2.75, 3.05) is 6.61 Å². The molecule has 0 aliphatic rings. The van der Waals surface area contributed by atoms with Crippen molar-refractivity contribution in [3.63, 3.8) is 0 Å². The van der Waals surface area contributed by atoms with Gasteiger partial charge in [0.2, 0.25) is 0 Å². The number of carbonyl (C=O) groups is 2. The summed E-state index contributed by atoms with van der Waals surface area (Å²) < 4.78 is 4.91. The molecule has 0 saturated heterocycles. The third-order valence-electron chi connectivity index (χ3n) is 1.40. The molecule has 82 valence electrons. The van der Waals surface area contributed by atoms with Crippen molar-refractivity contribution in [1.29, 1.82) is 0 Å². The second-order valence-electron chi connectivity index (χ2n) is 4.01. The molecule has 0 rings (SSSR count). The van der Waals surface area contributed by atoms with E-state index in [1.165, 1.54) is 0 Å². The highest BCUT2D eigenvalue weighted by Gasteiger charge is 2.24. The van der Waals surface area contributed by atoms with Crippen LogP contribution in [0, 0.1) is 5.92 Å². The summed E-state index contributed by atoms with van der Waals surface area (Å²) in [5.74, 6) is -2.89. The summed E-state index contributed by atoms with van der Waals surface area (Å²) in [6.07, 6.45) is -0.302. The minimum absolute atomic E-state index is 0.302. The molecule has 0 aromatic heterocycles. The Hall–Kier alpha value is -1.10. The van der Waals surface area contributed by atoms with Gasteiger partial charge in [-0.25, -0.2) is 0 Å². The molecule has 0 fully saturated rings. The smallest absolute Gasteiger partial charge is 0.309 e. The van der Waals surface area contributed by atoms with Gasteiger partial charge in [-0.15, -0.1) is 0 Å². The standard InChI is InChI=1S/C9H16O5/c1-9(2,3)14-7(11)4-6(5-10)8(12)13/h6,10H,4-5H2,1-3H3,(H,12,13)/t6-/m0/s1. The number of rotatable bonds is 4. The molecular formula is C9H16O5. The number of carboxylic acid groups (broad SMARTS) is 1. The normalized spacial score (nSPS) is 13.4. The molecule has 5 nitrogen and oxygen atoms in total. The van der Waals surface area contributed by atoms with E-state index in [2.05, 4.69) is 0 Å². The number of carbonyl (C=O) groups excluding carboxylic acids is 1. The van der Waals surface area contributed by atoms with Crippen LogP contribution in [-0.2, 0) is 14.3 Å². The Kier molecular flexibility index (Phi) is 4.56. The monoisotopic (exact) mass is 204 g/mol. The molecule has 5 heteroatoms. The van der Waals surface area contributed by atoms with E-state index >= 15 is 0 Å². The number of hydrogen-bond acceptors (Lipinski definition) is 4. The van der Waals surface area contributed by atoms with Gasteiger partial charge in [-0.2, -0.15) is 0 Å². The minimum atomic E-state index is -1.20. The predicted octanol–water partition coefficient (Wildman–Crippen LogP) is 0.411. The molecule has 0 radical (unpaired) electrons. The Morgan fingerprint density at radius 3 is 2.14 bits per heavy atom. The zero-order chi connectivity index (χ0) is 11.4. The van der Waals surface area contributed by atoms with E-state index in [0.717, 1.165) is 0 Å². The van der Waals surface area contributed by atoms with Gasteiger partial charge in [0.15, 0.2) is 0 Å². The first-order valence-electron chi connectivity index (χ1n) is 4.32. The molecular weight excluding hydrogens is 188 g/mol. The molecule has 2 N–H and O–H groups in total. The molecule has 0 heterocycles. The van der Waals surface area contributed by atoms with Gasteiger partial charge in [0.05, 0.1) is 18.9 Å². The Morgan fingerprint density at radius 2 is 1.86 bits per heavy atom. The third-order valence-corrected chi connectivity index (χ3v) is 1.40. The quantitative estimate of drug-likeness (QED) is 0.648. The van der Waals surface area contributed by atoms with E-state index in [0.29, 0.717) is 0 Å². The fourth-order valence-corrected chi connectivity index (χ4v) is 0.814. The molecule has 0 spiro atoms. The van der Waals surface area contributed by atoms with Gasteiger partial charge in [0, 0.05) is 0 Å². The Bertz CT molecular complexity index is 216. The fraction of sp³-hybridized carbons (Fsp3) is 0.778. The van der Waals surface area contributed by atoms with Crippen LogP contribution in [0.2, 0.25) is 0 Å². The number of aliphatic carboxylic acids is 1. The highest BCUT2D eigenvalue weighted by atomic mass is 16.6. The van der Waals surface area contributed by atoms with E-state index in [9.17, 15) is 9.59 Å². The largest absolute Gasteiger partial charge is 0.481 e. The average Bonchev–Trinajstić information content (AvgIpc) is 1.96. The topological polar surface area (TPSA) is 83.8 Å². The zero-order valence-corrected chi connectivity index (χ0v) is 8.61. The van der Waals surface area contributed by atoms with Crippen LogP contribution in [0.3, 0.4) is 0 Å². The minimum Gasteiger partial charge on any atom is -0.481 e. The lowest BCUT2D eigenvalue weighted by molar-refractivity contribution is -0.160. The maximum atomic E-state index is 11.1. The molecule has 0 amide bonds. The summed E-state index contributed by atoms with van der Waals surface area (Å²) in [7, 11) is 0. The van der Waals surface area contributed by atoms with Gasteiger partial charge in [-0.1, -0.05) is 0 Å². The van der Waals surface area contributed by atoms with E-state index in [4.69, 9.17) is 14.9 Å². The summed E-state index contributed by atoms with van der Waals surface area (Å²) in [5, 5.41) is 17.2. The number of carboxylic acids is 1. The molecule has 0 aromatic rings. The number of esters is 1. The van der Waals surface area contributed by atoms with Crippen molar-refractivity contribution in [2.24, 2.45) is 5.92 Å². The molecule has 14 heavy (non-hydrogen) atoms. The summed E-state index contributed by atoms with van der Waals surface area (Å²) in [5.41, 5.74) is -0.629. The van der Waals surface area contributed by atoms with Crippen LogP contribution in [0.4, 0.5) is 0 Å². The van der Waals surface area contributed by atoms with E-state index in [1.54, 1.807) is 20.8 Å². The lowest BCUT2D eigenvalue weighted by Gasteiger charge is -2.20. The van der Waals surface area contributed by atoms with Crippen molar-refractivity contribution < 1.29 is 24.5 Å². The maximum absolute atomic E-state index is 11.1. The van der Waals surface area contributed by atoms with Crippen LogP contribution >= 0.6 is 0 Å². The summed E-state index contributed by atoms with van der Waals surface area (Å²) in [6, 6.07) is 0. The second-order valence-corrected chi connectivity index (χ2v) is 4.01. The predicted molar refractivity (Wildman–Crippen MR) is 48.7 cm³/mol. The van der Waals surface area contributed by atoms with Crippen LogP contribution < -0.4 is 0 Å². The average molecular weight is 204 g/mol. The van der Waals surface area contributed by atoms with E-state index in [1.807, 2.05) is 0 Å². The summed E-state index contributed by atoms with van der Waals surface area (Å²) in [6.45, 7) is 4.52. The molecule has 0 aromatic carbocycles. The van der Waals surface area contributed by atoms with Gasteiger partial charge in [-0.05, 0) is 20.8 Å². The third kappa shape index (κ3) is 5.53. The van der Waals surface area contributed by atoms with E-state index < -0.39 is 30.1 Å². The molecule has 0 saturated carbocycles. The van der Waals surface area contributed by atoms with E-state index in [-0.39, 0.29) is 6.42 Å². The van der Waals surface area contributed by atoms with Crippen molar-refractivity contribution in [2.45, 2.75) is 32.8 Å². The van der Waals surface area contributed by atoms with Gasteiger partial charge in [-0.3, -0.25) is 9.59 Å². The molecule has 0 unspecified atom stereocenters. The van der Waals surface area contributed by atoms with Gasteiger partial charge in [0.25, 0.3) is 0 Å². The molecule has 1 atom stereocenters. The number of aliphatic hydroxyl groups excluding tert-OH is 1. The Balaban J connectivity index is 4.11. The molecule has 0 aliphatic carbocycles. The maximum Gasteiger partial charge on any atom is 0.309 e. The van der Waals surface area contributed by atoms with Crippen LogP contribution in [0.25, 0.3) is 0 Å². The lowest BCUT2D eigenvalue weighted by Crippen LogP contribution is -2.28. The van der Waals surface area contributed by atoms with Gasteiger partial charge >= 0.3 is 11.9 Å². The SMILES string of the molecule is CC(C)(C)OC(=O)C[C@@H](CO)C(=O)O. The van der Waals surface area contributed by atoms with Gasteiger partial charge in [0.1, 0.15) is 5.60 Å². The van der Waals surface area contributed by atoms with Crippen molar-refractivity contribution in [3.8, 4) is 0 Å². The highest BCUT2D eigenvalue weighted by molar-refractivity contribution is 5.79. The van der Waals surface area contributed by atoms with Crippen molar-refractivity contribution in [3.05, 3.63) is 0 Å². The first-order chi connectivity index (χ1) is 6.26. The van der Waals surface area contributed by atoms with Crippen LogP contribution in [0.5, 0.6) is 0 Å². The molecule has 0 aliphatic heterocycles. The lowest BCUT2D eigenvalue weighted by atomic mass is 10.1. The van der Waals surface area contributed by atoms with Crippen molar-refractivity contribution >= 4 is 11.9 Å². The first-order valence-corrected chi connectivity index (χ1v) is 4.32. The number of hydrogen-bond donors (Lipinski definition) is 2.